The van der Waals surface area contributed by atoms with E-state index in [1.54, 1.807) is 30.6 Å². The molecule has 3 rings (SSSR count). The highest BCUT2D eigenvalue weighted by Crippen LogP contribution is 2.31. The van der Waals surface area contributed by atoms with Crippen LogP contribution in [0.2, 0.25) is 0 Å². The summed E-state index contributed by atoms with van der Waals surface area (Å²) in [6.45, 7) is 4.77. The molecular formula is C25H32N4O4S. The molecule has 0 aliphatic heterocycles. The monoisotopic (exact) mass is 484 g/mol. The first kappa shape index (κ1) is 25.3. The molecule has 0 aliphatic rings. The van der Waals surface area contributed by atoms with Crippen molar-refractivity contribution in [1.29, 1.82) is 0 Å². The Morgan fingerprint density at radius 3 is 2.18 bits per heavy atom. The fraction of sp³-hybridized carbons (Fsp3) is 0.360. The first-order chi connectivity index (χ1) is 16.6. The summed E-state index contributed by atoms with van der Waals surface area (Å²) in [7, 11) is 1.69. The quantitative estimate of drug-likeness (QED) is 0.0981. The van der Waals surface area contributed by atoms with Crippen molar-refractivity contribution in [2.75, 3.05) is 38.8 Å². The van der Waals surface area contributed by atoms with Gasteiger partial charge in [0.15, 0.2) is 11.0 Å². The van der Waals surface area contributed by atoms with Gasteiger partial charge in [-0.05, 0) is 74.7 Å². The number of anilines is 1. The number of nitrogens with one attached hydrogen (secondary N) is 1. The maximum absolute atomic E-state index is 8.69. The molecule has 0 bridgehead atoms. The fourth-order valence-electron chi connectivity index (χ4n) is 3.25. The number of ether oxygens (including phenoxy) is 3. The zero-order valence-electron chi connectivity index (χ0n) is 19.6. The van der Waals surface area contributed by atoms with Crippen molar-refractivity contribution in [1.82, 2.24) is 4.98 Å². The molecule has 0 saturated carbocycles. The third kappa shape index (κ3) is 7.64. The summed E-state index contributed by atoms with van der Waals surface area (Å²) >= 11 is 1.65. The largest absolute Gasteiger partial charge is 0.494 e. The number of oxime groups is 1. The van der Waals surface area contributed by atoms with Crippen LogP contribution in [0.5, 0.6) is 11.5 Å². The number of hydrogen-bond acceptors (Lipinski definition) is 8. The third-order valence-corrected chi connectivity index (χ3v) is 6.02. The van der Waals surface area contributed by atoms with E-state index in [-0.39, 0.29) is 5.84 Å². The second-order valence-electron chi connectivity index (χ2n) is 7.63. The van der Waals surface area contributed by atoms with Crippen LogP contribution < -0.4 is 20.5 Å². The lowest BCUT2D eigenvalue weighted by molar-refractivity contribution is 0.211. The van der Waals surface area contributed by atoms with E-state index in [2.05, 4.69) is 29.5 Å². The molecule has 1 heterocycles. The van der Waals surface area contributed by atoms with Gasteiger partial charge in [0.1, 0.15) is 11.5 Å². The van der Waals surface area contributed by atoms with E-state index in [4.69, 9.17) is 30.1 Å². The predicted molar refractivity (Wildman–Crippen MR) is 136 cm³/mol. The smallest absolute Gasteiger partial charge is 0.183 e. The van der Waals surface area contributed by atoms with E-state index in [1.165, 1.54) is 4.88 Å². The van der Waals surface area contributed by atoms with Crippen LogP contribution in [-0.2, 0) is 4.74 Å². The topological polar surface area (TPSA) is 111 Å². The van der Waals surface area contributed by atoms with Crippen molar-refractivity contribution < 1.29 is 19.4 Å². The molecule has 182 valence electrons. The highest BCUT2D eigenvalue weighted by Gasteiger charge is 2.10. The van der Waals surface area contributed by atoms with Gasteiger partial charge in [0.25, 0.3) is 0 Å². The maximum atomic E-state index is 8.69. The molecule has 0 spiro atoms. The summed E-state index contributed by atoms with van der Waals surface area (Å²) < 4.78 is 16.7. The van der Waals surface area contributed by atoms with Gasteiger partial charge in [0.2, 0.25) is 0 Å². The van der Waals surface area contributed by atoms with Crippen LogP contribution in [0.3, 0.4) is 0 Å². The first-order valence-corrected chi connectivity index (χ1v) is 12.1. The molecule has 9 heteroatoms. The number of unbranched alkanes of at least 4 members (excludes halogenated alkanes) is 2. The average Bonchev–Trinajstić information content (AvgIpc) is 3.24. The molecule has 3 aromatic rings. The van der Waals surface area contributed by atoms with Gasteiger partial charge in [-0.3, -0.25) is 0 Å². The molecule has 8 nitrogen and oxygen atoms in total. The minimum absolute atomic E-state index is 0.0830. The SMILES string of the molecule is COCCNc1nc(-c2ccc(OCCCCCOc3ccc(/C(N)=N/O)cc3)cc2)c(C)s1. The fourth-order valence-corrected chi connectivity index (χ4v) is 4.11. The number of aryl methyl sites for hydroxylation is 1. The molecule has 0 radical (unpaired) electrons. The molecular weight excluding hydrogens is 452 g/mol. The lowest BCUT2D eigenvalue weighted by atomic mass is 10.1. The van der Waals surface area contributed by atoms with Crippen LogP contribution in [0.25, 0.3) is 11.3 Å². The lowest BCUT2D eigenvalue weighted by Crippen LogP contribution is -2.12. The van der Waals surface area contributed by atoms with Gasteiger partial charge in [-0.15, -0.1) is 11.3 Å². The van der Waals surface area contributed by atoms with Crippen molar-refractivity contribution in [3.05, 3.63) is 59.0 Å². The Kier molecular flexibility index (Phi) is 9.99. The summed E-state index contributed by atoms with van der Waals surface area (Å²) in [5.41, 5.74) is 8.28. The Hall–Kier alpha value is -3.30. The van der Waals surface area contributed by atoms with Crippen molar-refractivity contribution in [3.8, 4) is 22.8 Å². The van der Waals surface area contributed by atoms with Crippen LogP contribution in [-0.4, -0.2) is 49.5 Å². The normalized spacial score (nSPS) is 11.4. The Morgan fingerprint density at radius 1 is 0.971 bits per heavy atom. The van der Waals surface area contributed by atoms with Crippen LogP contribution in [0.4, 0.5) is 5.13 Å². The molecule has 2 aromatic carbocycles. The molecule has 0 amide bonds. The molecule has 0 fully saturated rings. The minimum Gasteiger partial charge on any atom is -0.494 e. The van der Waals surface area contributed by atoms with Gasteiger partial charge in [0.05, 0.1) is 25.5 Å². The van der Waals surface area contributed by atoms with Crippen molar-refractivity contribution in [3.63, 3.8) is 0 Å². The number of rotatable bonds is 14. The van der Waals surface area contributed by atoms with Gasteiger partial charge >= 0.3 is 0 Å². The van der Waals surface area contributed by atoms with Gasteiger partial charge < -0.3 is 30.5 Å². The number of methoxy groups -OCH3 is 1. The molecule has 34 heavy (non-hydrogen) atoms. The Morgan fingerprint density at radius 2 is 1.59 bits per heavy atom. The zero-order chi connectivity index (χ0) is 24.2. The number of aromatic nitrogens is 1. The Labute approximate surface area is 204 Å². The van der Waals surface area contributed by atoms with Crippen molar-refractivity contribution >= 4 is 22.3 Å². The van der Waals surface area contributed by atoms with Crippen LogP contribution in [0.1, 0.15) is 29.7 Å². The van der Waals surface area contributed by atoms with E-state index in [0.717, 1.165) is 53.7 Å². The standard InChI is InChI=1S/C25H32N4O4S/c1-18-23(28-25(34-18)27-14-17-31-2)19-6-10-21(11-7-19)32-15-4-3-5-16-33-22-12-8-20(9-13-22)24(26)29-30/h6-13,30H,3-5,14-17H2,1-2H3,(H2,26,29)(H,27,28). The molecule has 0 saturated heterocycles. The Bertz CT molecular complexity index is 1040. The number of nitrogens with zero attached hydrogens (tertiary/aromatic N) is 2. The number of thiazole rings is 1. The molecule has 1 aromatic heterocycles. The van der Waals surface area contributed by atoms with E-state index in [1.807, 2.05) is 24.3 Å². The summed E-state index contributed by atoms with van der Waals surface area (Å²) in [4.78, 5) is 5.88. The first-order valence-electron chi connectivity index (χ1n) is 11.2. The minimum atomic E-state index is 0.0830. The van der Waals surface area contributed by atoms with Crippen LogP contribution in [0, 0.1) is 6.92 Å². The number of hydrogen-bond donors (Lipinski definition) is 3. The zero-order valence-corrected chi connectivity index (χ0v) is 20.4. The van der Waals surface area contributed by atoms with Gasteiger partial charge in [-0.1, -0.05) is 5.16 Å². The van der Waals surface area contributed by atoms with E-state index in [0.29, 0.717) is 25.4 Å². The second-order valence-corrected chi connectivity index (χ2v) is 8.84. The molecule has 0 aliphatic carbocycles. The molecule has 0 unspecified atom stereocenters. The highest BCUT2D eigenvalue weighted by molar-refractivity contribution is 7.16. The summed E-state index contributed by atoms with van der Waals surface area (Å²) in [5.74, 6) is 1.70. The van der Waals surface area contributed by atoms with Crippen LogP contribution in [0.15, 0.2) is 53.7 Å². The second kappa shape index (κ2) is 13.4. The predicted octanol–water partition coefficient (Wildman–Crippen LogP) is 4.90. The Balaban J connectivity index is 1.34. The highest BCUT2D eigenvalue weighted by atomic mass is 32.1. The number of amidine groups is 1. The molecule has 0 atom stereocenters. The average molecular weight is 485 g/mol. The third-order valence-electron chi connectivity index (χ3n) is 5.09. The van der Waals surface area contributed by atoms with E-state index < -0.39 is 0 Å². The van der Waals surface area contributed by atoms with Crippen LogP contribution >= 0.6 is 11.3 Å². The van der Waals surface area contributed by atoms with Gasteiger partial charge in [0, 0.05) is 29.7 Å². The van der Waals surface area contributed by atoms with Gasteiger partial charge in [-0.25, -0.2) is 4.98 Å². The molecule has 4 N–H and O–H groups in total. The number of benzene rings is 2. The number of nitrogens with two attached hydrogens (primary N) is 1. The summed E-state index contributed by atoms with van der Waals surface area (Å²) in [6.07, 6.45) is 2.90. The van der Waals surface area contributed by atoms with Gasteiger partial charge in [-0.2, -0.15) is 0 Å². The summed E-state index contributed by atoms with van der Waals surface area (Å²) in [6, 6.07) is 15.2. The van der Waals surface area contributed by atoms with Crippen molar-refractivity contribution in [2.24, 2.45) is 10.9 Å². The summed E-state index contributed by atoms with van der Waals surface area (Å²) in [5, 5.41) is 15.9. The van der Waals surface area contributed by atoms with E-state index in [9.17, 15) is 0 Å². The lowest BCUT2D eigenvalue weighted by Gasteiger charge is -2.08. The maximum Gasteiger partial charge on any atom is 0.183 e. The van der Waals surface area contributed by atoms with E-state index >= 15 is 0 Å². The van der Waals surface area contributed by atoms with Crippen molar-refractivity contribution in [2.45, 2.75) is 26.2 Å².